The first-order valence-electron chi connectivity index (χ1n) is 9.48. The molecule has 5 rings (SSSR count). The number of pyridine rings is 2. The third kappa shape index (κ3) is 3.50. The van der Waals surface area contributed by atoms with Crippen molar-refractivity contribution in [1.82, 2.24) is 29.5 Å². The Hall–Kier alpha value is -4.07. The lowest BCUT2D eigenvalue weighted by Crippen LogP contribution is -2.01. The van der Waals surface area contributed by atoms with Crippen LogP contribution < -0.4 is 5.32 Å². The molecule has 4 aromatic heterocycles. The lowest BCUT2D eigenvalue weighted by atomic mass is 10.1. The summed E-state index contributed by atoms with van der Waals surface area (Å²) in [4.78, 5) is 16.8. The molecule has 5 aromatic rings. The molecule has 4 heterocycles. The Balaban J connectivity index is 1.58. The van der Waals surface area contributed by atoms with Gasteiger partial charge in [-0.3, -0.25) is 4.98 Å². The van der Waals surface area contributed by atoms with E-state index in [1.165, 1.54) is 18.5 Å². The van der Waals surface area contributed by atoms with Gasteiger partial charge in [0, 0.05) is 29.2 Å². The Bertz CT molecular complexity index is 1300. The number of hydrogen-bond donors (Lipinski definition) is 2. The number of nitrogens with one attached hydrogen (secondary N) is 2. The first kappa shape index (κ1) is 18.0. The molecule has 0 amide bonds. The predicted octanol–water partition coefficient (Wildman–Crippen LogP) is 4.24. The quantitative estimate of drug-likeness (QED) is 0.462. The molecule has 2 N–H and O–H groups in total. The Labute approximate surface area is 171 Å². The van der Waals surface area contributed by atoms with Gasteiger partial charge in [-0.05, 0) is 37.3 Å². The number of halogens is 1. The number of para-hydroxylation sites is 1. The normalized spacial score (nSPS) is 11.1. The highest BCUT2D eigenvalue weighted by Gasteiger charge is 2.17. The number of aromatic amines is 1. The predicted molar refractivity (Wildman–Crippen MR) is 112 cm³/mol. The molecule has 7 nitrogen and oxygen atoms in total. The summed E-state index contributed by atoms with van der Waals surface area (Å²) in [5.41, 5.74) is 4.98. The minimum Gasteiger partial charge on any atom is -0.378 e. The van der Waals surface area contributed by atoms with Gasteiger partial charge in [0.1, 0.15) is 18.0 Å². The van der Waals surface area contributed by atoms with Crippen molar-refractivity contribution in [2.75, 3.05) is 5.32 Å². The molecule has 0 aliphatic heterocycles. The third-order valence-electron chi connectivity index (χ3n) is 4.71. The number of fused-ring (bicyclic) bond motifs is 1. The highest BCUT2D eigenvalue weighted by atomic mass is 19.1. The van der Waals surface area contributed by atoms with E-state index in [0.717, 1.165) is 16.9 Å². The van der Waals surface area contributed by atoms with Crippen molar-refractivity contribution in [3.63, 3.8) is 0 Å². The van der Waals surface area contributed by atoms with Crippen LogP contribution in [0.15, 0.2) is 67.1 Å². The summed E-state index contributed by atoms with van der Waals surface area (Å²) in [6, 6.07) is 16.5. The van der Waals surface area contributed by atoms with Gasteiger partial charge in [0.05, 0.1) is 23.6 Å². The van der Waals surface area contributed by atoms with Crippen LogP contribution in [0.25, 0.3) is 28.3 Å². The molecule has 0 radical (unpaired) electrons. The van der Waals surface area contributed by atoms with Crippen molar-refractivity contribution in [3.05, 3.63) is 84.5 Å². The smallest absolute Gasteiger partial charge is 0.155 e. The third-order valence-corrected chi connectivity index (χ3v) is 4.71. The summed E-state index contributed by atoms with van der Waals surface area (Å²) >= 11 is 0. The standard InChI is InChI=1S/C22H18FN7/c1-14-9-16(23)10-18(27-14)22-21(15-7-8-20-25-13-26-30(20)12-15)28-19(29-22)11-24-17-5-3-2-4-6-17/h2-10,12-13,24H,11H2,1H3,(H,28,29). The van der Waals surface area contributed by atoms with E-state index < -0.39 is 0 Å². The number of H-pyrrole nitrogens is 1. The Kier molecular flexibility index (Phi) is 4.44. The number of aromatic nitrogens is 6. The number of benzene rings is 1. The van der Waals surface area contributed by atoms with Gasteiger partial charge >= 0.3 is 0 Å². The zero-order chi connectivity index (χ0) is 20.5. The lowest BCUT2D eigenvalue weighted by Gasteiger charge is -2.05. The number of anilines is 1. The van der Waals surface area contributed by atoms with Gasteiger partial charge in [0.15, 0.2) is 5.65 Å². The van der Waals surface area contributed by atoms with Gasteiger partial charge in [-0.25, -0.2) is 18.9 Å². The molecule has 0 fully saturated rings. The van der Waals surface area contributed by atoms with Crippen LogP contribution in [0.4, 0.5) is 10.1 Å². The molecule has 148 valence electrons. The molecule has 0 atom stereocenters. The van der Waals surface area contributed by atoms with Gasteiger partial charge in [0.25, 0.3) is 0 Å². The summed E-state index contributed by atoms with van der Waals surface area (Å²) < 4.78 is 15.8. The molecular formula is C22H18FN7. The second-order valence-corrected chi connectivity index (χ2v) is 6.92. The van der Waals surface area contributed by atoms with Gasteiger partial charge in [-0.15, -0.1) is 0 Å². The van der Waals surface area contributed by atoms with E-state index in [-0.39, 0.29) is 5.82 Å². The molecule has 0 bridgehead atoms. The van der Waals surface area contributed by atoms with E-state index in [1.54, 1.807) is 11.4 Å². The Morgan fingerprint density at radius 3 is 2.77 bits per heavy atom. The number of aryl methyl sites for hydroxylation is 1. The highest BCUT2D eigenvalue weighted by Crippen LogP contribution is 2.30. The first-order chi connectivity index (χ1) is 14.7. The van der Waals surface area contributed by atoms with Gasteiger partial charge in [0.2, 0.25) is 0 Å². The second kappa shape index (κ2) is 7.40. The lowest BCUT2D eigenvalue weighted by molar-refractivity contribution is 0.624. The van der Waals surface area contributed by atoms with Crippen LogP contribution in [0.1, 0.15) is 11.5 Å². The molecule has 0 unspecified atom stereocenters. The molecule has 0 saturated carbocycles. The second-order valence-electron chi connectivity index (χ2n) is 6.92. The fraction of sp³-hybridized carbons (Fsp3) is 0.0909. The maximum Gasteiger partial charge on any atom is 0.155 e. The number of hydrogen-bond acceptors (Lipinski definition) is 5. The van der Waals surface area contributed by atoms with Gasteiger partial charge < -0.3 is 10.3 Å². The summed E-state index contributed by atoms with van der Waals surface area (Å²) in [6.45, 7) is 2.25. The average molecular weight is 399 g/mol. The largest absolute Gasteiger partial charge is 0.378 e. The van der Waals surface area contributed by atoms with Crippen molar-refractivity contribution in [3.8, 4) is 22.6 Å². The van der Waals surface area contributed by atoms with E-state index in [0.29, 0.717) is 35.1 Å². The fourth-order valence-corrected chi connectivity index (χ4v) is 3.35. The van der Waals surface area contributed by atoms with Crippen LogP contribution in [0.3, 0.4) is 0 Å². The molecule has 30 heavy (non-hydrogen) atoms. The zero-order valence-electron chi connectivity index (χ0n) is 16.2. The SMILES string of the molecule is Cc1cc(F)cc(-c2[nH]c(CNc3ccccc3)nc2-c2ccc3ncnn3c2)n1. The molecule has 0 spiro atoms. The van der Waals surface area contributed by atoms with Crippen LogP contribution in [0.5, 0.6) is 0 Å². The van der Waals surface area contributed by atoms with E-state index in [1.807, 2.05) is 48.7 Å². The Morgan fingerprint density at radius 2 is 1.93 bits per heavy atom. The molecule has 0 aliphatic rings. The van der Waals surface area contributed by atoms with E-state index in [2.05, 4.69) is 25.4 Å². The molecular weight excluding hydrogens is 381 g/mol. The number of imidazole rings is 1. The van der Waals surface area contributed by atoms with Crippen LogP contribution in [-0.4, -0.2) is 29.5 Å². The topological polar surface area (TPSA) is 83.8 Å². The maximum absolute atomic E-state index is 14.1. The van der Waals surface area contributed by atoms with E-state index >= 15 is 0 Å². The van der Waals surface area contributed by atoms with Crippen LogP contribution in [0, 0.1) is 12.7 Å². The van der Waals surface area contributed by atoms with Crippen LogP contribution >= 0.6 is 0 Å². The zero-order valence-corrected chi connectivity index (χ0v) is 16.2. The van der Waals surface area contributed by atoms with Gasteiger partial charge in [-0.1, -0.05) is 18.2 Å². The minimum atomic E-state index is -0.339. The van der Waals surface area contributed by atoms with Crippen molar-refractivity contribution >= 4 is 11.3 Å². The van der Waals surface area contributed by atoms with Crippen molar-refractivity contribution in [1.29, 1.82) is 0 Å². The van der Waals surface area contributed by atoms with Crippen LogP contribution in [0.2, 0.25) is 0 Å². The molecule has 0 aliphatic carbocycles. The first-order valence-corrected chi connectivity index (χ1v) is 9.48. The van der Waals surface area contributed by atoms with E-state index in [9.17, 15) is 4.39 Å². The van der Waals surface area contributed by atoms with Crippen LogP contribution in [-0.2, 0) is 6.54 Å². The van der Waals surface area contributed by atoms with Gasteiger partial charge in [-0.2, -0.15) is 5.10 Å². The molecule has 0 saturated heterocycles. The summed E-state index contributed by atoms with van der Waals surface area (Å²) in [6.07, 6.45) is 3.35. The van der Waals surface area contributed by atoms with Crippen molar-refractivity contribution in [2.45, 2.75) is 13.5 Å². The maximum atomic E-state index is 14.1. The summed E-state index contributed by atoms with van der Waals surface area (Å²) in [5, 5.41) is 7.53. The number of nitrogens with zero attached hydrogens (tertiary/aromatic N) is 5. The minimum absolute atomic E-state index is 0.339. The van der Waals surface area contributed by atoms with E-state index in [4.69, 9.17) is 4.98 Å². The summed E-state index contributed by atoms with van der Waals surface area (Å²) in [5.74, 6) is 0.375. The monoisotopic (exact) mass is 399 g/mol. The fourth-order valence-electron chi connectivity index (χ4n) is 3.35. The molecule has 1 aromatic carbocycles. The summed E-state index contributed by atoms with van der Waals surface area (Å²) in [7, 11) is 0. The molecule has 8 heteroatoms. The average Bonchev–Trinajstić information content (AvgIpc) is 3.39. The van der Waals surface area contributed by atoms with Crippen molar-refractivity contribution in [2.24, 2.45) is 0 Å². The van der Waals surface area contributed by atoms with Crippen molar-refractivity contribution < 1.29 is 4.39 Å². The highest BCUT2D eigenvalue weighted by molar-refractivity contribution is 5.77. The Morgan fingerprint density at radius 1 is 1.07 bits per heavy atom. The number of rotatable bonds is 5.